The third-order valence-corrected chi connectivity index (χ3v) is 5.30. The number of nitriles is 1. The molecule has 0 saturated carbocycles. The van der Waals surface area contributed by atoms with Crippen LogP contribution >= 0.6 is 0 Å². The van der Waals surface area contributed by atoms with Gasteiger partial charge in [-0.05, 0) is 72.2 Å². The summed E-state index contributed by atoms with van der Waals surface area (Å²) in [6.07, 6.45) is 3.54. The van der Waals surface area contributed by atoms with Gasteiger partial charge < -0.3 is 9.88 Å². The number of carbonyl (C=O) groups is 1. The Morgan fingerprint density at radius 3 is 2.57 bits per heavy atom. The predicted octanol–water partition coefficient (Wildman–Crippen LogP) is 5.79. The van der Waals surface area contributed by atoms with Crippen molar-refractivity contribution >= 4 is 28.4 Å². The monoisotopic (exact) mass is 391 g/mol. The number of benzene rings is 3. The molecule has 0 bridgehead atoms. The van der Waals surface area contributed by atoms with Gasteiger partial charge in [0.2, 0.25) is 0 Å². The van der Waals surface area contributed by atoms with Crippen molar-refractivity contribution in [3.05, 3.63) is 101 Å². The average Bonchev–Trinajstić information content (AvgIpc) is 3.23. The standard InChI is InChI=1S/C26H21N3O/c1-18-7-5-11-25(19(18)2)28-26(30)22(17-27)16-23-10-6-14-29(23)24-13-12-20-8-3-4-9-21(20)15-24/h3-16H,1-2H3,(H,28,30)/b22-16-. The van der Waals surface area contributed by atoms with E-state index in [2.05, 4.69) is 29.6 Å². The quantitative estimate of drug-likeness (QED) is 0.353. The second-order valence-corrected chi connectivity index (χ2v) is 7.21. The molecule has 0 fully saturated rings. The van der Waals surface area contributed by atoms with Crippen molar-refractivity contribution in [3.8, 4) is 11.8 Å². The summed E-state index contributed by atoms with van der Waals surface area (Å²) in [5.74, 6) is -0.419. The van der Waals surface area contributed by atoms with Crippen LogP contribution in [0.1, 0.15) is 16.8 Å². The normalized spacial score (nSPS) is 11.3. The highest BCUT2D eigenvalue weighted by molar-refractivity contribution is 6.10. The summed E-state index contributed by atoms with van der Waals surface area (Å²) >= 11 is 0. The molecule has 3 aromatic carbocycles. The molecule has 0 spiro atoms. The molecule has 4 nitrogen and oxygen atoms in total. The number of nitrogens with zero attached hydrogens (tertiary/aromatic N) is 2. The zero-order chi connectivity index (χ0) is 21.1. The van der Waals surface area contributed by atoms with E-state index in [9.17, 15) is 10.1 Å². The molecule has 0 unspecified atom stereocenters. The lowest BCUT2D eigenvalue weighted by atomic mass is 10.1. The van der Waals surface area contributed by atoms with Crippen LogP contribution < -0.4 is 5.32 Å². The van der Waals surface area contributed by atoms with Gasteiger partial charge in [-0.1, -0.05) is 42.5 Å². The third kappa shape index (κ3) is 3.74. The highest BCUT2D eigenvalue weighted by Gasteiger charge is 2.13. The first kappa shape index (κ1) is 19.2. The third-order valence-electron chi connectivity index (χ3n) is 5.30. The molecule has 0 aliphatic rings. The zero-order valence-corrected chi connectivity index (χ0v) is 16.9. The number of rotatable bonds is 4. The topological polar surface area (TPSA) is 57.8 Å². The maximum atomic E-state index is 12.7. The molecule has 4 heteroatoms. The highest BCUT2D eigenvalue weighted by atomic mass is 16.1. The van der Waals surface area contributed by atoms with E-state index in [1.54, 1.807) is 6.08 Å². The molecule has 0 radical (unpaired) electrons. The molecular formula is C26H21N3O. The second kappa shape index (κ2) is 8.10. The van der Waals surface area contributed by atoms with E-state index >= 15 is 0 Å². The van der Waals surface area contributed by atoms with E-state index in [1.165, 1.54) is 0 Å². The molecule has 30 heavy (non-hydrogen) atoms. The zero-order valence-electron chi connectivity index (χ0n) is 16.9. The fourth-order valence-electron chi connectivity index (χ4n) is 3.45. The Labute approximate surface area is 175 Å². The van der Waals surface area contributed by atoms with Crippen molar-refractivity contribution < 1.29 is 4.79 Å². The van der Waals surface area contributed by atoms with Gasteiger partial charge in [-0.25, -0.2) is 0 Å². The van der Waals surface area contributed by atoms with E-state index < -0.39 is 5.91 Å². The van der Waals surface area contributed by atoms with Crippen molar-refractivity contribution in [1.29, 1.82) is 5.26 Å². The fraction of sp³-hybridized carbons (Fsp3) is 0.0769. The fourth-order valence-corrected chi connectivity index (χ4v) is 3.45. The Morgan fingerprint density at radius 1 is 0.967 bits per heavy atom. The van der Waals surface area contributed by atoms with Gasteiger partial charge in [-0.2, -0.15) is 5.26 Å². The Bertz CT molecular complexity index is 1320. The maximum Gasteiger partial charge on any atom is 0.266 e. The molecule has 0 atom stereocenters. The Kier molecular flexibility index (Phi) is 5.19. The highest BCUT2D eigenvalue weighted by Crippen LogP contribution is 2.22. The number of anilines is 1. The minimum absolute atomic E-state index is 0.0524. The van der Waals surface area contributed by atoms with E-state index in [-0.39, 0.29) is 5.57 Å². The predicted molar refractivity (Wildman–Crippen MR) is 121 cm³/mol. The van der Waals surface area contributed by atoms with Crippen molar-refractivity contribution in [2.75, 3.05) is 5.32 Å². The van der Waals surface area contributed by atoms with E-state index in [4.69, 9.17) is 0 Å². The maximum absolute atomic E-state index is 12.7. The lowest BCUT2D eigenvalue weighted by Crippen LogP contribution is -2.14. The Balaban J connectivity index is 1.67. The van der Waals surface area contributed by atoms with Gasteiger partial charge in [-0.15, -0.1) is 0 Å². The summed E-state index contributed by atoms with van der Waals surface area (Å²) in [6, 6.07) is 25.9. The Hall–Kier alpha value is -4.10. The van der Waals surface area contributed by atoms with Gasteiger partial charge in [0.25, 0.3) is 5.91 Å². The summed E-state index contributed by atoms with van der Waals surface area (Å²) in [7, 11) is 0. The number of nitrogens with one attached hydrogen (secondary N) is 1. The molecule has 146 valence electrons. The summed E-state index contributed by atoms with van der Waals surface area (Å²) in [6.45, 7) is 3.94. The minimum Gasteiger partial charge on any atom is -0.321 e. The summed E-state index contributed by atoms with van der Waals surface area (Å²) in [5.41, 5.74) is 4.57. The van der Waals surface area contributed by atoms with E-state index in [0.717, 1.165) is 33.3 Å². The smallest absolute Gasteiger partial charge is 0.266 e. The molecular weight excluding hydrogens is 370 g/mol. The van der Waals surface area contributed by atoms with Crippen molar-refractivity contribution in [2.45, 2.75) is 13.8 Å². The summed E-state index contributed by atoms with van der Waals surface area (Å²) < 4.78 is 1.97. The first-order valence-corrected chi connectivity index (χ1v) is 9.73. The first-order chi connectivity index (χ1) is 14.6. The molecule has 0 aliphatic carbocycles. The molecule has 1 N–H and O–H groups in total. The molecule has 0 aliphatic heterocycles. The van der Waals surface area contributed by atoms with Crippen LogP contribution in [0.3, 0.4) is 0 Å². The lowest BCUT2D eigenvalue weighted by molar-refractivity contribution is -0.112. The van der Waals surface area contributed by atoms with Crippen LogP contribution in [0.25, 0.3) is 22.5 Å². The molecule has 0 saturated heterocycles. The number of hydrogen-bond acceptors (Lipinski definition) is 2. The SMILES string of the molecule is Cc1cccc(NC(=O)/C(C#N)=C\c2cccn2-c2ccc3ccccc3c2)c1C. The number of aryl methyl sites for hydroxylation is 1. The number of amides is 1. The minimum atomic E-state index is -0.419. The van der Waals surface area contributed by atoms with Gasteiger partial charge >= 0.3 is 0 Å². The first-order valence-electron chi connectivity index (χ1n) is 9.73. The van der Waals surface area contributed by atoms with Crippen LogP contribution in [0.4, 0.5) is 5.69 Å². The van der Waals surface area contributed by atoms with E-state index in [1.807, 2.05) is 79.2 Å². The van der Waals surface area contributed by atoms with Crippen LogP contribution in [-0.2, 0) is 4.79 Å². The molecule has 1 aromatic heterocycles. The van der Waals surface area contributed by atoms with Gasteiger partial charge in [0.15, 0.2) is 0 Å². The molecule has 1 heterocycles. The van der Waals surface area contributed by atoms with Gasteiger partial charge in [0, 0.05) is 23.3 Å². The number of carbonyl (C=O) groups excluding carboxylic acids is 1. The van der Waals surface area contributed by atoms with Gasteiger partial charge in [0.1, 0.15) is 11.6 Å². The average molecular weight is 391 g/mol. The van der Waals surface area contributed by atoms with Crippen LogP contribution in [0.2, 0.25) is 0 Å². The molecule has 4 aromatic rings. The largest absolute Gasteiger partial charge is 0.321 e. The number of hydrogen-bond donors (Lipinski definition) is 1. The lowest BCUT2D eigenvalue weighted by Gasteiger charge is -2.11. The van der Waals surface area contributed by atoms with Crippen LogP contribution in [0.5, 0.6) is 0 Å². The summed E-state index contributed by atoms with van der Waals surface area (Å²) in [5, 5.41) is 14.8. The number of fused-ring (bicyclic) bond motifs is 1. The summed E-state index contributed by atoms with van der Waals surface area (Å²) in [4.78, 5) is 12.7. The van der Waals surface area contributed by atoms with Crippen molar-refractivity contribution in [3.63, 3.8) is 0 Å². The Morgan fingerprint density at radius 2 is 1.77 bits per heavy atom. The van der Waals surface area contributed by atoms with Crippen molar-refractivity contribution in [1.82, 2.24) is 4.57 Å². The second-order valence-electron chi connectivity index (χ2n) is 7.21. The van der Waals surface area contributed by atoms with Crippen molar-refractivity contribution in [2.24, 2.45) is 0 Å². The van der Waals surface area contributed by atoms with Crippen LogP contribution in [0.15, 0.2) is 84.6 Å². The number of aromatic nitrogens is 1. The van der Waals surface area contributed by atoms with E-state index in [0.29, 0.717) is 5.69 Å². The van der Waals surface area contributed by atoms with Gasteiger partial charge in [-0.3, -0.25) is 4.79 Å². The van der Waals surface area contributed by atoms with Gasteiger partial charge in [0.05, 0.1) is 0 Å². The van der Waals surface area contributed by atoms with Crippen LogP contribution in [-0.4, -0.2) is 10.5 Å². The van der Waals surface area contributed by atoms with Crippen LogP contribution in [0, 0.1) is 25.2 Å². The molecule has 4 rings (SSSR count). The molecule has 1 amide bonds.